The molecule has 4 heteroatoms. The van der Waals surface area contributed by atoms with Crippen LogP contribution in [0.1, 0.15) is 48.5 Å². The third-order valence-electron chi connectivity index (χ3n) is 4.35. The molecule has 0 radical (unpaired) electrons. The molecular formula is C15H22N2OS. The van der Waals surface area contributed by atoms with E-state index in [4.69, 9.17) is 0 Å². The summed E-state index contributed by atoms with van der Waals surface area (Å²) in [5, 5.41) is 3.39. The van der Waals surface area contributed by atoms with Crippen LogP contribution in [0.25, 0.3) is 0 Å². The summed E-state index contributed by atoms with van der Waals surface area (Å²) >= 11 is 1.80. The monoisotopic (exact) mass is 278 g/mol. The van der Waals surface area contributed by atoms with Gasteiger partial charge in [0, 0.05) is 15.8 Å². The van der Waals surface area contributed by atoms with Crippen molar-refractivity contribution >= 4 is 17.2 Å². The van der Waals surface area contributed by atoms with Crippen molar-refractivity contribution < 1.29 is 4.79 Å². The molecule has 3 nitrogen and oxygen atoms in total. The predicted molar refractivity (Wildman–Crippen MR) is 78.1 cm³/mol. The van der Waals surface area contributed by atoms with E-state index in [1.165, 1.54) is 29.0 Å². The number of hydrogen-bond donors (Lipinski definition) is 1. The van der Waals surface area contributed by atoms with E-state index in [0.717, 1.165) is 12.3 Å². The van der Waals surface area contributed by atoms with Crippen LogP contribution in [0.15, 0.2) is 12.1 Å². The van der Waals surface area contributed by atoms with Crippen LogP contribution in [0.4, 0.5) is 0 Å². The summed E-state index contributed by atoms with van der Waals surface area (Å²) in [6.45, 7) is 4.93. The summed E-state index contributed by atoms with van der Waals surface area (Å²) in [5.74, 6) is 1.02. The van der Waals surface area contributed by atoms with Gasteiger partial charge in [0.25, 0.3) is 0 Å². The zero-order chi connectivity index (χ0) is 13.4. The van der Waals surface area contributed by atoms with Crippen molar-refractivity contribution in [2.24, 2.45) is 5.92 Å². The van der Waals surface area contributed by atoms with E-state index < -0.39 is 0 Å². The van der Waals surface area contributed by atoms with E-state index in [1.807, 2.05) is 0 Å². The topological polar surface area (TPSA) is 32.3 Å². The summed E-state index contributed by atoms with van der Waals surface area (Å²) in [4.78, 5) is 17.0. The van der Waals surface area contributed by atoms with Gasteiger partial charge in [-0.3, -0.25) is 10.1 Å². The Kier molecular flexibility index (Phi) is 3.63. The standard InChI is InChI=1S/C15H22N2OS/c1-10-4-3-5-12(8-10)17-14(18)9-16-15(17)13-7-6-11(2)19-13/h6-7,10,12,15-16H,3-5,8-9H2,1-2H3. The fraction of sp³-hybridized carbons (Fsp3) is 0.667. The first kappa shape index (κ1) is 13.1. The zero-order valence-electron chi connectivity index (χ0n) is 11.7. The lowest BCUT2D eigenvalue weighted by atomic mass is 9.86. The Labute approximate surface area is 119 Å². The normalized spacial score (nSPS) is 32.0. The number of thiophene rings is 1. The van der Waals surface area contributed by atoms with Crippen LogP contribution in [-0.4, -0.2) is 23.4 Å². The average molecular weight is 278 g/mol. The molecule has 0 aromatic carbocycles. The van der Waals surface area contributed by atoms with Crippen molar-refractivity contribution in [3.63, 3.8) is 0 Å². The first-order chi connectivity index (χ1) is 9.15. The third kappa shape index (κ3) is 2.56. The van der Waals surface area contributed by atoms with Crippen LogP contribution in [0, 0.1) is 12.8 Å². The molecule has 104 valence electrons. The molecule has 2 aliphatic rings. The molecule has 3 unspecified atom stereocenters. The van der Waals surface area contributed by atoms with Crippen LogP contribution in [0.3, 0.4) is 0 Å². The van der Waals surface area contributed by atoms with Gasteiger partial charge in [0.1, 0.15) is 6.17 Å². The first-order valence-electron chi connectivity index (χ1n) is 7.26. The minimum atomic E-state index is 0.112. The highest BCUT2D eigenvalue weighted by Crippen LogP contribution is 2.35. The van der Waals surface area contributed by atoms with Crippen molar-refractivity contribution in [3.8, 4) is 0 Å². The van der Waals surface area contributed by atoms with Crippen LogP contribution in [0.5, 0.6) is 0 Å². The fourth-order valence-corrected chi connectivity index (χ4v) is 4.38. The second-order valence-corrected chi connectivity index (χ2v) is 7.28. The maximum atomic E-state index is 12.2. The fourth-order valence-electron chi connectivity index (χ4n) is 3.42. The van der Waals surface area contributed by atoms with Gasteiger partial charge in [0.05, 0.1) is 6.54 Å². The molecule has 1 aliphatic carbocycles. The zero-order valence-corrected chi connectivity index (χ0v) is 12.5. The Morgan fingerprint density at radius 3 is 2.89 bits per heavy atom. The van der Waals surface area contributed by atoms with E-state index in [2.05, 4.69) is 36.2 Å². The van der Waals surface area contributed by atoms with Crippen LogP contribution < -0.4 is 5.32 Å². The summed E-state index contributed by atoms with van der Waals surface area (Å²) in [6.07, 6.45) is 5.01. The Morgan fingerprint density at radius 1 is 1.37 bits per heavy atom. The summed E-state index contributed by atoms with van der Waals surface area (Å²) in [5.41, 5.74) is 0. The second-order valence-electron chi connectivity index (χ2n) is 5.96. The molecule has 1 N–H and O–H groups in total. The number of carbonyl (C=O) groups excluding carboxylic acids is 1. The van der Waals surface area contributed by atoms with E-state index in [9.17, 15) is 4.79 Å². The van der Waals surface area contributed by atoms with Gasteiger partial charge in [0.2, 0.25) is 5.91 Å². The highest BCUT2D eigenvalue weighted by Gasteiger charge is 2.38. The number of nitrogens with one attached hydrogen (secondary N) is 1. The predicted octanol–water partition coefficient (Wildman–Crippen LogP) is 3.07. The summed E-state index contributed by atoms with van der Waals surface area (Å²) < 4.78 is 0. The molecule has 1 aromatic heterocycles. The second kappa shape index (κ2) is 5.25. The Hall–Kier alpha value is -0.870. The van der Waals surface area contributed by atoms with Crippen molar-refractivity contribution in [1.82, 2.24) is 10.2 Å². The van der Waals surface area contributed by atoms with Crippen LogP contribution in [0.2, 0.25) is 0 Å². The van der Waals surface area contributed by atoms with Gasteiger partial charge in [-0.05, 0) is 37.8 Å². The SMILES string of the molecule is Cc1ccc(C2NCC(=O)N2C2CCCC(C)C2)s1. The van der Waals surface area contributed by atoms with Crippen molar-refractivity contribution in [2.75, 3.05) is 6.54 Å². The van der Waals surface area contributed by atoms with Gasteiger partial charge in [-0.1, -0.05) is 19.8 Å². The Bertz CT molecular complexity index is 470. The molecule has 1 aliphatic heterocycles. The number of nitrogens with zero attached hydrogens (tertiary/aromatic N) is 1. The molecule has 2 fully saturated rings. The lowest BCUT2D eigenvalue weighted by molar-refractivity contribution is -0.131. The van der Waals surface area contributed by atoms with Gasteiger partial charge in [-0.25, -0.2) is 0 Å². The highest BCUT2D eigenvalue weighted by molar-refractivity contribution is 7.12. The quantitative estimate of drug-likeness (QED) is 0.901. The maximum absolute atomic E-state index is 12.2. The molecular weight excluding hydrogens is 256 g/mol. The number of rotatable bonds is 2. The third-order valence-corrected chi connectivity index (χ3v) is 5.40. The first-order valence-corrected chi connectivity index (χ1v) is 8.07. The molecule has 2 heterocycles. The number of amides is 1. The van der Waals surface area contributed by atoms with Crippen LogP contribution >= 0.6 is 11.3 Å². The largest absolute Gasteiger partial charge is 0.318 e. The lowest BCUT2D eigenvalue weighted by Gasteiger charge is -2.37. The van der Waals surface area contributed by atoms with Gasteiger partial charge in [0.15, 0.2) is 0 Å². The van der Waals surface area contributed by atoms with Crippen molar-refractivity contribution in [3.05, 3.63) is 21.9 Å². The molecule has 19 heavy (non-hydrogen) atoms. The van der Waals surface area contributed by atoms with Crippen molar-refractivity contribution in [2.45, 2.75) is 51.7 Å². The molecule has 0 spiro atoms. The van der Waals surface area contributed by atoms with Gasteiger partial charge < -0.3 is 4.90 Å². The van der Waals surface area contributed by atoms with Crippen molar-refractivity contribution in [1.29, 1.82) is 0 Å². The molecule has 3 atom stereocenters. The minimum Gasteiger partial charge on any atom is -0.318 e. The Morgan fingerprint density at radius 2 is 2.21 bits per heavy atom. The van der Waals surface area contributed by atoms with E-state index in [1.54, 1.807) is 11.3 Å². The Balaban J connectivity index is 1.82. The summed E-state index contributed by atoms with van der Waals surface area (Å²) in [6, 6.07) is 4.74. The van der Waals surface area contributed by atoms with E-state index in [0.29, 0.717) is 12.6 Å². The smallest absolute Gasteiger partial charge is 0.238 e. The van der Waals surface area contributed by atoms with Gasteiger partial charge >= 0.3 is 0 Å². The molecule has 1 saturated carbocycles. The van der Waals surface area contributed by atoms with Crippen LogP contribution in [-0.2, 0) is 4.79 Å². The average Bonchev–Trinajstić information content (AvgIpc) is 2.95. The number of hydrogen-bond acceptors (Lipinski definition) is 3. The molecule has 3 rings (SSSR count). The van der Waals surface area contributed by atoms with Gasteiger partial charge in [-0.15, -0.1) is 11.3 Å². The van der Waals surface area contributed by atoms with E-state index >= 15 is 0 Å². The highest BCUT2D eigenvalue weighted by atomic mass is 32.1. The lowest BCUT2D eigenvalue weighted by Crippen LogP contribution is -2.41. The molecule has 0 bridgehead atoms. The van der Waals surface area contributed by atoms with Gasteiger partial charge in [-0.2, -0.15) is 0 Å². The van der Waals surface area contributed by atoms with E-state index in [-0.39, 0.29) is 12.1 Å². The number of carbonyl (C=O) groups is 1. The molecule has 1 aromatic rings. The maximum Gasteiger partial charge on any atom is 0.238 e. The number of aryl methyl sites for hydroxylation is 1. The molecule has 1 saturated heterocycles. The minimum absolute atomic E-state index is 0.112. The summed E-state index contributed by atoms with van der Waals surface area (Å²) in [7, 11) is 0. The molecule has 1 amide bonds.